The first-order chi connectivity index (χ1) is 34.5. The molecule has 70 heavy (non-hydrogen) atoms. The summed E-state index contributed by atoms with van der Waals surface area (Å²) >= 11 is 0. The summed E-state index contributed by atoms with van der Waals surface area (Å²) in [6.45, 7) is 4.37. The van der Waals surface area contributed by atoms with E-state index in [1.807, 2.05) is 12.1 Å². The predicted molar refractivity (Wildman–Crippen MR) is 294 cm³/mol. The molecule has 0 unspecified atom stereocenters. The SMILES string of the molecule is Cc1ccc2c(-c3ccc(N(c4ccccc4)c4cccc5c4oc4ccccc45)cc3)cc3c4cc(C)cc5c4c(cc3c2c1)-c1ccc(N(c2ccccc2)c2ccc3ccccc3c2)cc1O5. The van der Waals surface area contributed by atoms with Gasteiger partial charge in [0.2, 0.25) is 0 Å². The number of nitrogens with zero attached hydrogens (tertiary/aromatic N) is 2. The zero-order valence-corrected chi connectivity index (χ0v) is 38.7. The molecule has 0 bridgehead atoms. The number of benzene rings is 12. The molecule has 14 rings (SSSR count). The molecule has 13 aromatic rings. The van der Waals surface area contributed by atoms with Gasteiger partial charge in [-0.1, -0.05) is 139 Å². The number of hydrogen-bond donors (Lipinski definition) is 0. The lowest BCUT2D eigenvalue weighted by molar-refractivity contribution is 0.487. The smallest absolute Gasteiger partial charge is 0.159 e. The van der Waals surface area contributed by atoms with Gasteiger partial charge in [0, 0.05) is 56.2 Å². The minimum absolute atomic E-state index is 0.844. The lowest BCUT2D eigenvalue weighted by atomic mass is 9.85. The number of aryl methyl sites for hydroxylation is 2. The molecule has 0 radical (unpaired) electrons. The van der Waals surface area contributed by atoms with Crippen LogP contribution in [0.15, 0.2) is 235 Å². The fraction of sp³-hybridized carbons (Fsp3) is 0.0303. The summed E-state index contributed by atoms with van der Waals surface area (Å²) in [5.41, 5.74) is 15.0. The maximum absolute atomic E-state index is 7.05. The fourth-order valence-corrected chi connectivity index (χ4v) is 11.0. The summed E-state index contributed by atoms with van der Waals surface area (Å²) in [7, 11) is 0. The number of furan rings is 1. The van der Waals surface area contributed by atoms with Gasteiger partial charge in [-0.25, -0.2) is 0 Å². The van der Waals surface area contributed by atoms with Crippen LogP contribution in [0.3, 0.4) is 0 Å². The first kappa shape index (κ1) is 40.0. The van der Waals surface area contributed by atoms with Gasteiger partial charge in [-0.15, -0.1) is 0 Å². The first-order valence-corrected chi connectivity index (χ1v) is 24.0. The quantitative estimate of drug-likeness (QED) is 0.149. The minimum atomic E-state index is 0.844. The zero-order valence-electron chi connectivity index (χ0n) is 38.7. The van der Waals surface area contributed by atoms with Crippen LogP contribution in [0.4, 0.5) is 34.1 Å². The molecular weight excluding hydrogens is 853 g/mol. The van der Waals surface area contributed by atoms with E-state index >= 15 is 0 Å². The van der Waals surface area contributed by atoms with Crippen molar-refractivity contribution >= 4 is 99.2 Å². The van der Waals surface area contributed by atoms with Crippen molar-refractivity contribution in [3.63, 3.8) is 0 Å². The van der Waals surface area contributed by atoms with Gasteiger partial charge in [0.15, 0.2) is 5.58 Å². The molecular formula is C66H44N2O2. The number of anilines is 6. The highest BCUT2D eigenvalue weighted by molar-refractivity contribution is 6.25. The second-order valence-corrected chi connectivity index (χ2v) is 18.6. The molecule has 0 spiro atoms. The van der Waals surface area contributed by atoms with Crippen molar-refractivity contribution in [2.24, 2.45) is 0 Å². The van der Waals surface area contributed by atoms with Crippen molar-refractivity contribution in [1.29, 1.82) is 0 Å². The summed E-state index contributed by atoms with van der Waals surface area (Å²) in [6.07, 6.45) is 0. The van der Waals surface area contributed by atoms with Crippen LogP contribution in [0.25, 0.3) is 87.3 Å². The molecule has 1 aromatic heterocycles. The first-order valence-electron chi connectivity index (χ1n) is 24.0. The van der Waals surface area contributed by atoms with Gasteiger partial charge in [0.05, 0.1) is 5.69 Å². The monoisotopic (exact) mass is 896 g/mol. The molecule has 0 amide bonds. The van der Waals surface area contributed by atoms with E-state index in [0.29, 0.717) is 0 Å². The number of fused-ring (bicyclic) bond motifs is 10. The van der Waals surface area contributed by atoms with Crippen LogP contribution in [0.2, 0.25) is 0 Å². The van der Waals surface area contributed by atoms with Gasteiger partial charge < -0.3 is 19.0 Å². The Labute approximate surface area is 405 Å². The van der Waals surface area contributed by atoms with Crippen molar-refractivity contribution in [3.05, 3.63) is 242 Å². The molecule has 0 aliphatic carbocycles. The Balaban J connectivity index is 0.917. The average Bonchev–Trinajstić information content (AvgIpc) is 3.79. The van der Waals surface area contributed by atoms with Gasteiger partial charge in [-0.2, -0.15) is 0 Å². The molecule has 1 aliphatic heterocycles. The Kier molecular flexibility index (Phi) is 8.99. The van der Waals surface area contributed by atoms with Crippen LogP contribution in [0, 0.1) is 13.8 Å². The lowest BCUT2D eigenvalue weighted by Crippen LogP contribution is -2.10. The van der Waals surface area contributed by atoms with Gasteiger partial charge in [0.1, 0.15) is 17.1 Å². The molecule has 0 saturated carbocycles. The molecule has 4 nitrogen and oxygen atoms in total. The van der Waals surface area contributed by atoms with Gasteiger partial charge in [0.25, 0.3) is 0 Å². The number of rotatable bonds is 7. The third kappa shape index (κ3) is 6.38. The van der Waals surface area contributed by atoms with Gasteiger partial charge in [-0.3, -0.25) is 0 Å². The molecule has 0 fully saturated rings. The van der Waals surface area contributed by atoms with E-state index in [4.69, 9.17) is 9.15 Å². The highest BCUT2D eigenvalue weighted by Crippen LogP contribution is 2.53. The maximum atomic E-state index is 7.05. The van der Waals surface area contributed by atoms with E-state index in [1.54, 1.807) is 0 Å². The molecule has 2 heterocycles. The Hall–Kier alpha value is -9.12. The lowest BCUT2D eigenvalue weighted by Gasteiger charge is -2.28. The highest BCUT2D eigenvalue weighted by atomic mass is 16.5. The van der Waals surface area contributed by atoms with Crippen molar-refractivity contribution in [2.45, 2.75) is 13.8 Å². The van der Waals surface area contributed by atoms with Crippen molar-refractivity contribution < 1.29 is 9.15 Å². The minimum Gasteiger partial charge on any atom is -0.456 e. The molecule has 0 saturated heterocycles. The third-order valence-corrected chi connectivity index (χ3v) is 14.2. The highest BCUT2D eigenvalue weighted by Gasteiger charge is 2.26. The molecule has 0 N–H and O–H groups in total. The largest absolute Gasteiger partial charge is 0.456 e. The van der Waals surface area contributed by atoms with E-state index in [2.05, 4.69) is 242 Å². The van der Waals surface area contributed by atoms with Gasteiger partial charge >= 0.3 is 0 Å². The Morgan fingerprint density at radius 1 is 0.329 bits per heavy atom. The van der Waals surface area contributed by atoms with Crippen LogP contribution in [-0.4, -0.2) is 0 Å². The second kappa shape index (κ2) is 15.7. The van der Waals surface area contributed by atoms with E-state index in [0.717, 1.165) is 89.6 Å². The number of para-hydroxylation sites is 4. The molecule has 12 aromatic carbocycles. The van der Waals surface area contributed by atoms with E-state index in [-0.39, 0.29) is 0 Å². The van der Waals surface area contributed by atoms with E-state index < -0.39 is 0 Å². The van der Waals surface area contributed by atoms with E-state index in [9.17, 15) is 0 Å². The third-order valence-electron chi connectivity index (χ3n) is 14.2. The number of ether oxygens (including phenoxy) is 1. The number of hydrogen-bond acceptors (Lipinski definition) is 4. The standard InChI is InChI=1S/C66H44N2O2/c1-41-24-32-51-55(44-26-28-48(29-27-44)68(47-18-7-4-8-19-47)61-22-13-21-54-52-20-11-12-23-62(52)70-66(54)61)39-58-57(56(51)34-41)40-60-53-33-31-50(38-63(53)69-64-36-42(2)35-59(58)65(60)64)67(46-16-5-3-6-17-46)49-30-25-43-14-9-10-15-45(43)37-49/h3-40H,1-2H3. The fourth-order valence-electron chi connectivity index (χ4n) is 11.0. The van der Waals surface area contributed by atoms with E-state index in [1.165, 1.54) is 54.4 Å². The maximum Gasteiger partial charge on any atom is 0.159 e. The van der Waals surface area contributed by atoms with Crippen LogP contribution in [0.1, 0.15) is 11.1 Å². The van der Waals surface area contributed by atoms with Gasteiger partial charge in [-0.05, 0) is 165 Å². The van der Waals surface area contributed by atoms with Crippen LogP contribution in [-0.2, 0) is 0 Å². The summed E-state index contributed by atoms with van der Waals surface area (Å²) in [6, 6.07) is 83.1. The van der Waals surface area contributed by atoms with Crippen molar-refractivity contribution in [3.8, 4) is 33.8 Å². The summed E-state index contributed by atoms with van der Waals surface area (Å²) in [5.74, 6) is 1.72. The van der Waals surface area contributed by atoms with Crippen LogP contribution < -0.4 is 14.5 Å². The molecule has 4 heteroatoms. The molecule has 1 aliphatic rings. The van der Waals surface area contributed by atoms with Crippen molar-refractivity contribution in [1.82, 2.24) is 0 Å². The zero-order chi connectivity index (χ0) is 46.5. The predicted octanol–water partition coefficient (Wildman–Crippen LogP) is 19.2. The second-order valence-electron chi connectivity index (χ2n) is 18.6. The topological polar surface area (TPSA) is 28.9 Å². The van der Waals surface area contributed by atoms with Crippen LogP contribution in [0.5, 0.6) is 11.5 Å². The normalized spacial score (nSPS) is 12.0. The summed E-state index contributed by atoms with van der Waals surface area (Å²) < 4.78 is 13.6. The summed E-state index contributed by atoms with van der Waals surface area (Å²) in [4.78, 5) is 4.63. The Bertz CT molecular complexity index is 4230. The van der Waals surface area contributed by atoms with Crippen molar-refractivity contribution in [2.75, 3.05) is 9.80 Å². The summed E-state index contributed by atoms with van der Waals surface area (Å²) in [5, 5.41) is 11.8. The molecule has 330 valence electrons. The molecule has 0 atom stereocenters. The van der Waals surface area contributed by atoms with Crippen LogP contribution >= 0.6 is 0 Å². The average molecular weight is 897 g/mol. The Morgan fingerprint density at radius 2 is 0.957 bits per heavy atom. The Morgan fingerprint density at radius 3 is 1.79 bits per heavy atom.